The Morgan fingerprint density at radius 3 is 2.30 bits per heavy atom. The zero-order valence-electron chi connectivity index (χ0n) is 19.0. The van der Waals surface area contributed by atoms with E-state index in [-0.39, 0.29) is 0 Å². The molecule has 8 heteroatoms. The van der Waals surface area contributed by atoms with Gasteiger partial charge in [0.1, 0.15) is 0 Å². The molecule has 30 heavy (non-hydrogen) atoms. The number of pyridine rings is 1. The molecule has 0 bridgehead atoms. The first kappa shape index (κ1) is 30.7. The number of likely N-dealkylation sites (N-methyl/N-ethyl adjacent to an activating group) is 1. The number of fused-ring (bicyclic) bond motifs is 1. The monoisotopic (exact) mass is 616 g/mol. The topological polar surface area (TPSA) is 104 Å². The van der Waals surface area contributed by atoms with Crippen LogP contribution in [0, 0.1) is 12.3 Å². The summed E-state index contributed by atoms with van der Waals surface area (Å²) in [6.07, 6.45) is 4.14. The number of hydrogen-bond donors (Lipinski definition) is 4. The van der Waals surface area contributed by atoms with Gasteiger partial charge in [0.25, 0.3) is 0 Å². The van der Waals surface area contributed by atoms with Gasteiger partial charge in [-0.2, -0.15) is 0 Å². The summed E-state index contributed by atoms with van der Waals surface area (Å²) in [7, 11) is 6.55. The third-order valence-corrected chi connectivity index (χ3v) is 3.94. The standard InChI is InChI=1S/C18H24N4.C2H8N2.C2H6.ClH.Pt/c1-5-8-15-13(2)21-17-10-7-6-9-16(17)18(15)20-11-12-22(4)14(3)19;3-1-2-4;1-2;;/h5-10,19H,11-12H2,1-4H3,(H,20,21);1-4H2;1-2H3;1H;/q;;;;+1/p-1/b8-5-,19-14?;;;;. The van der Waals surface area contributed by atoms with Crippen molar-refractivity contribution in [2.75, 3.05) is 38.5 Å². The van der Waals surface area contributed by atoms with Crippen LogP contribution < -0.4 is 16.8 Å². The Hall–Kier alpha value is -1.46. The van der Waals surface area contributed by atoms with Crippen LogP contribution >= 0.6 is 9.42 Å². The van der Waals surface area contributed by atoms with Crippen molar-refractivity contribution < 1.29 is 18.8 Å². The molecule has 0 aliphatic carbocycles. The number of aromatic nitrogens is 1. The van der Waals surface area contributed by atoms with Crippen LogP contribution in [0.4, 0.5) is 5.69 Å². The fraction of sp³-hybridized carbons (Fsp3) is 0.455. The van der Waals surface area contributed by atoms with Gasteiger partial charge >= 0.3 is 28.2 Å². The summed E-state index contributed by atoms with van der Waals surface area (Å²) in [5.74, 6) is 0.575. The molecule has 0 amide bonds. The Morgan fingerprint density at radius 2 is 1.80 bits per heavy atom. The van der Waals surface area contributed by atoms with Crippen LogP contribution in [0.2, 0.25) is 0 Å². The Balaban J connectivity index is 0. The molecule has 6 nitrogen and oxygen atoms in total. The molecule has 0 spiro atoms. The van der Waals surface area contributed by atoms with Crippen molar-refractivity contribution >= 4 is 37.9 Å². The molecule has 0 aliphatic rings. The number of amidine groups is 1. The van der Waals surface area contributed by atoms with Gasteiger partial charge < -0.3 is 21.7 Å². The number of halogens is 1. The van der Waals surface area contributed by atoms with Crippen LogP contribution in [0.25, 0.3) is 17.0 Å². The maximum absolute atomic E-state index is 7.63. The molecule has 0 saturated heterocycles. The Labute approximate surface area is 197 Å². The molecule has 1 aromatic carbocycles. The molecule has 2 aromatic rings. The van der Waals surface area contributed by atoms with E-state index in [0.29, 0.717) is 18.9 Å². The number of aryl methyl sites for hydroxylation is 1. The summed E-state index contributed by atoms with van der Waals surface area (Å²) in [5, 5.41) is 12.3. The number of nitrogens with two attached hydrogens (primary N) is 2. The summed E-state index contributed by atoms with van der Waals surface area (Å²) in [6, 6.07) is 8.20. The third kappa shape index (κ3) is 11.1. The zero-order valence-corrected chi connectivity index (χ0v) is 22.1. The molecule has 1 aromatic heterocycles. The fourth-order valence-corrected chi connectivity index (χ4v) is 2.43. The summed E-state index contributed by atoms with van der Waals surface area (Å²) in [5.41, 5.74) is 14.1. The second-order valence-corrected chi connectivity index (χ2v) is 6.01. The van der Waals surface area contributed by atoms with Crippen LogP contribution in [0.15, 0.2) is 30.3 Å². The maximum atomic E-state index is 7.63. The summed E-state index contributed by atoms with van der Waals surface area (Å²) < 4.78 is 0. The molecule has 173 valence electrons. The predicted molar refractivity (Wildman–Crippen MR) is 131 cm³/mol. The van der Waals surface area contributed by atoms with Gasteiger partial charge in [0.05, 0.1) is 17.0 Å². The van der Waals surface area contributed by atoms with Crippen molar-refractivity contribution in [3.63, 3.8) is 0 Å². The van der Waals surface area contributed by atoms with E-state index < -0.39 is 0 Å². The van der Waals surface area contributed by atoms with E-state index >= 15 is 0 Å². The predicted octanol–water partition coefficient (Wildman–Crippen LogP) is 4.53. The second kappa shape index (κ2) is 19.5. The first-order valence-electron chi connectivity index (χ1n) is 10.0. The van der Waals surface area contributed by atoms with E-state index in [0.717, 1.165) is 40.9 Å². The van der Waals surface area contributed by atoms with Crippen LogP contribution in [-0.4, -0.2) is 48.9 Å². The van der Waals surface area contributed by atoms with Crippen LogP contribution in [0.5, 0.6) is 0 Å². The Bertz CT molecular complexity index is 750. The number of hydrogen-bond acceptors (Lipinski definition) is 5. The van der Waals surface area contributed by atoms with Gasteiger partial charge in [-0.25, -0.2) is 0 Å². The molecule has 0 saturated carbocycles. The van der Waals surface area contributed by atoms with Gasteiger partial charge in [0.15, 0.2) is 0 Å². The van der Waals surface area contributed by atoms with Gasteiger partial charge in [0, 0.05) is 49.9 Å². The van der Waals surface area contributed by atoms with E-state index in [9.17, 15) is 0 Å². The molecule has 0 aliphatic heterocycles. The van der Waals surface area contributed by atoms with E-state index in [1.54, 1.807) is 25.7 Å². The minimum absolute atomic E-state index is 0.575. The van der Waals surface area contributed by atoms with Crippen LogP contribution in [0.3, 0.4) is 0 Å². The number of anilines is 1. The molecule has 0 fully saturated rings. The van der Waals surface area contributed by atoms with Gasteiger partial charge in [-0.1, -0.05) is 44.2 Å². The average molecular weight is 617 g/mol. The molecular weight excluding hydrogens is 579 g/mol. The van der Waals surface area contributed by atoms with Crippen molar-refractivity contribution in [1.29, 1.82) is 5.41 Å². The summed E-state index contributed by atoms with van der Waals surface area (Å²) in [4.78, 5) is 6.62. The Morgan fingerprint density at radius 1 is 1.23 bits per heavy atom. The second-order valence-electron chi connectivity index (χ2n) is 6.01. The quantitative estimate of drug-likeness (QED) is 0.282. The van der Waals surface area contributed by atoms with Crippen LogP contribution in [-0.2, 0) is 18.8 Å². The van der Waals surface area contributed by atoms with E-state index in [2.05, 4.69) is 26.9 Å². The Kier molecular flexibility index (Phi) is 20.0. The van der Waals surface area contributed by atoms with Gasteiger partial charge in [-0.3, -0.25) is 10.4 Å². The van der Waals surface area contributed by atoms with Crippen LogP contribution in [0.1, 0.15) is 39.0 Å². The molecule has 0 radical (unpaired) electrons. The van der Waals surface area contributed by atoms with E-state index in [1.165, 1.54) is 0 Å². The SMILES string of the molecule is C/C=C\c1c(C)nc2ccccc2c1NCCN(C)C(C)=N.CC.NCCN.[Cl][Pt]. The van der Waals surface area contributed by atoms with Crippen molar-refractivity contribution in [3.8, 4) is 0 Å². The first-order valence-corrected chi connectivity index (χ1v) is 12.8. The number of para-hydroxylation sites is 1. The van der Waals surface area contributed by atoms with Gasteiger partial charge in [-0.15, -0.1) is 0 Å². The average Bonchev–Trinajstić information content (AvgIpc) is 2.78. The third-order valence-electron chi connectivity index (χ3n) is 3.94. The summed E-state index contributed by atoms with van der Waals surface area (Å²) >= 11 is 1.61. The molecule has 0 unspecified atom stereocenters. The number of rotatable bonds is 6. The first-order chi connectivity index (χ1) is 14.5. The minimum atomic E-state index is 0.575. The fourth-order valence-electron chi connectivity index (χ4n) is 2.43. The molecule has 2 rings (SSSR count). The van der Waals surface area contributed by atoms with Gasteiger partial charge in [0.2, 0.25) is 0 Å². The number of benzene rings is 1. The van der Waals surface area contributed by atoms with Crippen molar-refractivity contribution in [2.24, 2.45) is 11.5 Å². The number of nitrogens with one attached hydrogen (secondary N) is 2. The zero-order chi connectivity index (χ0) is 23.5. The molecule has 1 heterocycles. The van der Waals surface area contributed by atoms with E-state index in [1.807, 2.05) is 63.9 Å². The molecule has 6 N–H and O–H groups in total. The normalized spacial score (nSPS) is 9.57. The van der Waals surface area contributed by atoms with Crippen molar-refractivity contribution in [3.05, 3.63) is 41.6 Å². The van der Waals surface area contributed by atoms with E-state index in [4.69, 9.17) is 21.9 Å². The summed E-state index contributed by atoms with van der Waals surface area (Å²) in [6.45, 7) is 12.6. The molecule has 0 atom stereocenters. The van der Waals surface area contributed by atoms with Gasteiger partial charge in [-0.05, 0) is 26.8 Å². The van der Waals surface area contributed by atoms with Crippen molar-refractivity contribution in [2.45, 2.75) is 34.6 Å². The van der Waals surface area contributed by atoms with Crippen molar-refractivity contribution in [1.82, 2.24) is 9.88 Å². The number of nitrogens with zero attached hydrogens (tertiary/aromatic N) is 2. The molecular formula is C22H38ClN6Pt. The number of allylic oxidation sites excluding steroid dienone is 1.